The molecule has 0 atom stereocenters. The van der Waals surface area contributed by atoms with Crippen LogP contribution in [0.15, 0.2) is 42.5 Å². The number of unbranched alkanes of at least 4 members (excludes halogenated alkanes) is 1. The van der Waals surface area contributed by atoms with Crippen molar-refractivity contribution in [3.63, 3.8) is 0 Å². The van der Waals surface area contributed by atoms with Gasteiger partial charge in [0.2, 0.25) is 0 Å². The molecule has 0 aliphatic carbocycles. The van der Waals surface area contributed by atoms with Crippen molar-refractivity contribution < 1.29 is 23.8 Å². The van der Waals surface area contributed by atoms with Crippen molar-refractivity contribution >= 4 is 11.8 Å². The van der Waals surface area contributed by atoms with Crippen LogP contribution in [0.25, 0.3) is 0 Å². The predicted molar refractivity (Wildman–Crippen MR) is 120 cm³/mol. The van der Waals surface area contributed by atoms with Crippen LogP contribution in [0.5, 0.6) is 11.5 Å². The maximum Gasteiger partial charge on any atom is 0.339 e. The van der Waals surface area contributed by atoms with E-state index >= 15 is 0 Å². The summed E-state index contributed by atoms with van der Waals surface area (Å²) in [6.07, 6.45) is 1.90. The quantitative estimate of drug-likeness (QED) is 0.301. The molecule has 0 saturated carbocycles. The summed E-state index contributed by atoms with van der Waals surface area (Å²) in [5.74, 6) is 0.543. The lowest BCUT2D eigenvalue weighted by atomic mass is 9.98. The molecule has 33 heavy (non-hydrogen) atoms. The van der Waals surface area contributed by atoms with Gasteiger partial charge in [0.05, 0.1) is 18.8 Å². The molecule has 0 unspecified atom stereocenters. The van der Waals surface area contributed by atoms with E-state index in [-0.39, 0.29) is 23.5 Å². The first-order valence-corrected chi connectivity index (χ1v) is 11.0. The summed E-state index contributed by atoms with van der Waals surface area (Å²) >= 11 is 0. The Bertz CT molecular complexity index is 1100. The van der Waals surface area contributed by atoms with E-state index in [1.807, 2.05) is 13.8 Å². The standard InChI is InChI=1S/C24H28N4O5/c1-4-7-14-28-22(25-26-27-28)16-33-24(30)19-11-9-8-10-18(19)23(29)17-12-13-20(31-5-2)21(15-17)32-6-3/h8-13,15H,4-7,14,16H2,1-3H3. The molecule has 9 nitrogen and oxygen atoms in total. The number of benzene rings is 2. The third kappa shape index (κ3) is 5.94. The largest absolute Gasteiger partial charge is 0.490 e. The van der Waals surface area contributed by atoms with Crippen molar-refractivity contribution in [3.8, 4) is 11.5 Å². The van der Waals surface area contributed by atoms with Gasteiger partial charge in [-0.1, -0.05) is 31.5 Å². The van der Waals surface area contributed by atoms with E-state index in [9.17, 15) is 9.59 Å². The zero-order valence-corrected chi connectivity index (χ0v) is 19.1. The molecule has 9 heteroatoms. The summed E-state index contributed by atoms with van der Waals surface area (Å²) < 4.78 is 18.2. The molecule has 3 rings (SSSR count). The number of tetrazole rings is 1. The number of hydrogen-bond acceptors (Lipinski definition) is 8. The van der Waals surface area contributed by atoms with Crippen molar-refractivity contribution in [3.05, 3.63) is 65.0 Å². The first kappa shape index (κ1) is 23.9. The van der Waals surface area contributed by atoms with Crippen LogP contribution >= 0.6 is 0 Å². The van der Waals surface area contributed by atoms with Gasteiger partial charge in [-0.3, -0.25) is 4.79 Å². The van der Waals surface area contributed by atoms with Gasteiger partial charge in [0.25, 0.3) is 0 Å². The molecule has 3 aromatic rings. The number of carbonyl (C=O) groups excluding carboxylic acids is 2. The zero-order chi connectivity index (χ0) is 23.6. The van der Waals surface area contributed by atoms with Gasteiger partial charge in [0.15, 0.2) is 29.7 Å². The molecule has 1 heterocycles. The van der Waals surface area contributed by atoms with Crippen LogP contribution in [0, 0.1) is 0 Å². The van der Waals surface area contributed by atoms with Gasteiger partial charge < -0.3 is 14.2 Å². The van der Waals surface area contributed by atoms with Crippen LogP contribution in [-0.4, -0.2) is 45.2 Å². The Morgan fingerprint density at radius 2 is 1.67 bits per heavy atom. The molecule has 174 valence electrons. The maximum absolute atomic E-state index is 13.3. The third-order valence-electron chi connectivity index (χ3n) is 4.86. The van der Waals surface area contributed by atoms with E-state index in [0.717, 1.165) is 12.8 Å². The number of aryl methyl sites for hydroxylation is 1. The molecule has 0 N–H and O–H groups in total. The first-order chi connectivity index (χ1) is 16.1. The predicted octanol–water partition coefficient (Wildman–Crippen LogP) is 3.86. The van der Waals surface area contributed by atoms with Crippen LogP contribution in [0.1, 0.15) is 65.7 Å². The molecular weight excluding hydrogens is 424 g/mol. The fourth-order valence-corrected chi connectivity index (χ4v) is 3.22. The highest BCUT2D eigenvalue weighted by molar-refractivity contribution is 6.14. The number of rotatable bonds is 12. The summed E-state index contributed by atoms with van der Waals surface area (Å²) in [6.45, 7) is 7.26. The van der Waals surface area contributed by atoms with Crippen molar-refractivity contribution in [1.29, 1.82) is 0 Å². The highest BCUT2D eigenvalue weighted by atomic mass is 16.5. The molecule has 0 amide bonds. The van der Waals surface area contributed by atoms with E-state index in [1.54, 1.807) is 47.1 Å². The Kier molecular flexibility index (Phi) is 8.51. The van der Waals surface area contributed by atoms with Gasteiger partial charge in [-0.05, 0) is 55.0 Å². The number of carbonyl (C=O) groups is 2. The lowest BCUT2D eigenvalue weighted by Gasteiger charge is -2.13. The number of nitrogens with zero attached hydrogens (tertiary/aromatic N) is 4. The van der Waals surface area contributed by atoms with Crippen LogP contribution < -0.4 is 9.47 Å². The van der Waals surface area contributed by atoms with E-state index in [4.69, 9.17) is 14.2 Å². The van der Waals surface area contributed by atoms with Gasteiger partial charge in [-0.15, -0.1) is 5.10 Å². The summed E-state index contributed by atoms with van der Waals surface area (Å²) in [6, 6.07) is 11.5. The van der Waals surface area contributed by atoms with Gasteiger partial charge in [0.1, 0.15) is 0 Å². The smallest absolute Gasteiger partial charge is 0.339 e. The number of esters is 1. The van der Waals surface area contributed by atoms with Gasteiger partial charge in [-0.2, -0.15) is 0 Å². The summed E-state index contributed by atoms with van der Waals surface area (Å²) in [5.41, 5.74) is 0.785. The Labute approximate surface area is 192 Å². The van der Waals surface area contributed by atoms with E-state index in [0.29, 0.717) is 42.6 Å². The summed E-state index contributed by atoms with van der Waals surface area (Å²) in [7, 11) is 0. The van der Waals surface area contributed by atoms with Crippen molar-refractivity contribution in [2.75, 3.05) is 13.2 Å². The summed E-state index contributed by atoms with van der Waals surface area (Å²) in [5, 5.41) is 11.5. The lowest BCUT2D eigenvalue weighted by Crippen LogP contribution is -2.15. The van der Waals surface area contributed by atoms with Crippen molar-refractivity contribution in [1.82, 2.24) is 20.2 Å². The van der Waals surface area contributed by atoms with Gasteiger partial charge in [-0.25, -0.2) is 9.48 Å². The highest BCUT2D eigenvalue weighted by Crippen LogP contribution is 2.30. The van der Waals surface area contributed by atoms with Crippen LogP contribution in [0.2, 0.25) is 0 Å². The molecular formula is C24H28N4O5. The fraction of sp³-hybridized carbons (Fsp3) is 0.375. The number of ketones is 1. The zero-order valence-electron chi connectivity index (χ0n) is 19.1. The van der Waals surface area contributed by atoms with Crippen molar-refractivity contribution in [2.45, 2.75) is 46.8 Å². The van der Waals surface area contributed by atoms with Crippen molar-refractivity contribution in [2.24, 2.45) is 0 Å². The second-order valence-corrected chi connectivity index (χ2v) is 7.15. The SMILES string of the molecule is CCCCn1nnnc1COC(=O)c1ccccc1C(=O)c1ccc(OCC)c(OCC)c1. The minimum Gasteiger partial charge on any atom is -0.490 e. The third-order valence-corrected chi connectivity index (χ3v) is 4.86. The second-order valence-electron chi connectivity index (χ2n) is 7.15. The number of hydrogen-bond donors (Lipinski definition) is 0. The Hall–Kier alpha value is -3.75. The topological polar surface area (TPSA) is 105 Å². The van der Waals surface area contributed by atoms with Crippen LogP contribution in [-0.2, 0) is 17.9 Å². The molecule has 1 aromatic heterocycles. The molecule has 0 fully saturated rings. The summed E-state index contributed by atoms with van der Waals surface area (Å²) in [4.78, 5) is 26.1. The van der Waals surface area contributed by atoms with E-state index in [1.165, 1.54) is 0 Å². The minimum atomic E-state index is -0.625. The fourth-order valence-electron chi connectivity index (χ4n) is 3.22. The second kappa shape index (κ2) is 11.8. The molecule has 2 aromatic carbocycles. The van der Waals surface area contributed by atoms with Gasteiger partial charge >= 0.3 is 5.97 Å². The average Bonchev–Trinajstić information content (AvgIpc) is 3.29. The Morgan fingerprint density at radius 1 is 0.939 bits per heavy atom. The maximum atomic E-state index is 13.3. The lowest BCUT2D eigenvalue weighted by molar-refractivity contribution is 0.0454. The molecule has 0 radical (unpaired) electrons. The molecule has 0 bridgehead atoms. The normalized spacial score (nSPS) is 10.6. The Balaban J connectivity index is 1.80. The van der Waals surface area contributed by atoms with E-state index in [2.05, 4.69) is 22.4 Å². The number of ether oxygens (including phenoxy) is 3. The average molecular weight is 453 g/mol. The van der Waals surface area contributed by atoms with Crippen LogP contribution in [0.3, 0.4) is 0 Å². The monoisotopic (exact) mass is 452 g/mol. The van der Waals surface area contributed by atoms with E-state index < -0.39 is 5.97 Å². The molecule has 0 aliphatic heterocycles. The first-order valence-electron chi connectivity index (χ1n) is 11.0. The number of aromatic nitrogens is 4. The molecule has 0 aliphatic rings. The molecule has 0 saturated heterocycles. The van der Waals surface area contributed by atoms with Gasteiger partial charge in [0, 0.05) is 17.7 Å². The minimum absolute atomic E-state index is 0.0877. The van der Waals surface area contributed by atoms with Crippen LogP contribution in [0.4, 0.5) is 0 Å². The highest BCUT2D eigenvalue weighted by Gasteiger charge is 2.21. The molecule has 0 spiro atoms. The Morgan fingerprint density at radius 3 is 2.39 bits per heavy atom.